The molecule has 0 fully saturated rings. The second kappa shape index (κ2) is 4.70. The number of hydrogen-bond acceptors (Lipinski definition) is 6. The van der Waals surface area contributed by atoms with E-state index in [1.54, 1.807) is 0 Å². The van der Waals surface area contributed by atoms with Crippen molar-refractivity contribution < 1.29 is 18.1 Å². The second-order valence-corrected chi connectivity index (χ2v) is 6.28. The molecule has 2 aromatic rings. The molecule has 108 valence electrons. The number of hydrogen-bond donors (Lipinski definition) is 0. The maximum absolute atomic E-state index is 13.0. The molecule has 1 aromatic carbocycles. The van der Waals surface area contributed by atoms with Crippen LogP contribution < -0.4 is 8.96 Å². The maximum atomic E-state index is 13.0. The Morgan fingerprint density at radius 3 is 2.25 bits per heavy atom. The Hall–Kier alpha value is -1.68. The minimum absolute atomic E-state index is 0.00785. The molecule has 0 amide bonds. The number of nitro benzene ring substituents is 1. The van der Waals surface area contributed by atoms with E-state index >= 15 is 0 Å². The predicted octanol–water partition coefficient (Wildman–Crippen LogP) is 3.32. The van der Waals surface area contributed by atoms with E-state index in [2.05, 4.69) is 0 Å². The summed E-state index contributed by atoms with van der Waals surface area (Å²) in [5.74, 6) is 0. The second-order valence-electron chi connectivity index (χ2n) is 4.05. The van der Waals surface area contributed by atoms with Crippen LogP contribution in [-0.4, -0.2) is 19.0 Å². The van der Waals surface area contributed by atoms with Gasteiger partial charge in [-0.2, -0.15) is 13.2 Å². The molecule has 1 heterocycles. The Morgan fingerprint density at radius 1 is 1.25 bits per heavy atom. The minimum atomic E-state index is -4.75. The summed E-state index contributed by atoms with van der Waals surface area (Å²) in [6.45, 7) is 0. The Kier molecular flexibility index (Phi) is 3.46. The topological polar surface area (TPSA) is 63.4 Å². The molecule has 0 spiro atoms. The average molecular weight is 324 g/mol. The van der Waals surface area contributed by atoms with Crippen molar-refractivity contribution in [3.63, 3.8) is 0 Å². The van der Waals surface area contributed by atoms with Gasteiger partial charge in [0.1, 0.15) is 5.69 Å². The third-order valence-corrected chi connectivity index (χ3v) is 4.70. The predicted molar refractivity (Wildman–Crippen MR) is 72.0 cm³/mol. The zero-order valence-electron chi connectivity index (χ0n) is 10.1. The van der Waals surface area contributed by atoms with Crippen LogP contribution in [0.25, 0.3) is 9.40 Å². The maximum Gasteiger partial charge on any atom is 0.418 e. The van der Waals surface area contributed by atoms with Crippen LogP contribution in [0, 0.1) is 10.1 Å². The van der Waals surface area contributed by atoms with Crippen molar-refractivity contribution in [2.24, 2.45) is 0 Å². The van der Waals surface area contributed by atoms with E-state index in [4.69, 9.17) is 0 Å². The van der Waals surface area contributed by atoms with Gasteiger partial charge in [0.2, 0.25) is 0 Å². The number of alkyl halides is 3. The van der Waals surface area contributed by atoms with Crippen molar-refractivity contribution >= 4 is 43.4 Å². The first-order valence-electron chi connectivity index (χ1n) is 5.12. The van der Waals surface area contributed by atoms with Gasteiger partial charge in [-0.25, -0.2) is 0 Å². The summed E-state index contributed by atoms with van der Waals surface area (Å²) in [7, 11) is 2.95. The molecule has 0 aliphatic carbocycles. The van der Waals surface area contributed by atoms with Crippen LogP contribution in [0.1, 0.15) is 5.56 Å². The van der Waals surface area contributed by atoms with E-state index in [0.29, 0.717) is 28.7 Å². The van der Waals surface area contributed by atoms with Gasteiger partial charge < -0.3 is 4.90 Å². The molecule has 0 atom stereocenters. The zero-order chi connectivity index (χ0) is 15.2. The molecule has 0 saturated carbocycles. The van der Waals surface area contributed by atoms with E-state index in [9.17, 15) is 28.1 Å². The molecule has 0 N–H and O–H groups in total. The van der Waals surface area contributed by atoms with Crippen LogP contribution in [0.15, 0.2) is 10.9 Å². The lowest BCUT2D eigenvalue weighted by atomic mass is 10.1. The molecular weight excluding hydrogens is 317 g/mol. The van der Waals surface area contributed by atoms with Gasteiger partial charge in [-0.3, -0.25) is 14.9 Å². The Morgan fingerprint density at radius 2 is 1.80 bits per heavy atom. The zero-order valence-corrected chi connectivity index (χ0v) is 11.8. The first-order chi connectivity index (χ1) is 9.12. The third-order valence-electron chi connectivity index (χ3n) is 2.51. The highest BCUT2D eigenvalue weighted by atomic mass is 32.2. The van der Waals surface area contributed by atoms with Crippen molar-refractivity contribution in [3.05, 3.63) is 30.6 Å². The van der Waals surface area contributed by atoms with Gasteiger partial charge in [0.05, 0.1) is 19.9 Å². The van der Waals surface area contributed by atoms with Gasteiger partial charge >= 0.3 is 6.18 Å². The fraction of sp³-hybridized carbons (Fsp3) is 0.300. The van der Waals surface area contributed by atoms with Gasteiger partial charge in [-0.05, 0) is 0 Å². The van der Waals surface area contributed by atoms with Gasteiger partial charge in [0.15, 0.2) is 0 Å². The van der Waals surface area contributed by atoms with Crippen molar-refractivity contribution in [2.45, 2.75) is 6.18 Å². The van der Waals surface area contributed by atoms with E-state index in [-0.39, 0.29) is 15.1 Å². The van der Waals surface area contributed by atoms with E-state index < -0.39 is 26.4 Å². The molecule has 0 bridgehead atoms. The number of anilines is 1. The molecule has 0 aliphatic heterocycles. The number of nitrogens with zero attached hydrogens (tertiary/aromatic N) is 2. The Balaban J connectivity index is 3.02. The number of fused-ring (bicyclic) bond motifs is 1. The number of rotatable bonds is 2. The standard InChI is InChI=1S/C10H7F3N2O3S2/c1-14(2)6-5(15(17)18)3-4(10(11,12)13)7-8(6)20-9(16)19-7/h3H,1-2H3. The summed E-state index contributed by atoms with van der Waals surface area (Å²) in [6, 6.07) is 0.486. The van der Waals surface area contributed by atoms with E-state index in [0.717, 1.165) is 0 Å². The van der Waals surface area contributed by atoms with Gasteiger partial charge in [-0.1, -0.05) is 22.7 Å². The van der Waals surface area contributed by atoms with Crippen molar-refractivity contribution in [3.8, 4) is 0 Å². The smallest absolute Gasteiger partial charge is 0.371 e. The fourth-order valence-electron chi connectivity index (χ4n) is 1.78. The van der Waals surface area contributed by atoms with Gasteiger partial charge in [-0.15, -0.1) is 0 Å². The largest absolute Gasteiger partial charge is 0.418 e. The quantitative estimate of drug-likeness (QED) is 0.628. The van der Waals surface area contributed by atoms with Crippen LogP contribution in [0.3, 0.4) is 0 Å². The first-order valence-corrected chi connectivity index (χ1v) is 6.75. The SMILES string of the molecule is CN(C)c1c([N+](=O)[O-])cc(C(F)(F)F)c2sc(=O)sc12. The van der Waals surface area contributed by atoms with Crippen LogP contribution in [0.5, 0.6) is 0 Å². The Labute approximate surface area is 118 Å². The van der Waals surface area contributed by atoms with Gasteiger partial charge in [0.25, 0.3) is 9.74 Å². The Bertz CT molecular complexity index is 749. The molecule has 2 rings (SSSR count). The molecule has 0 radical (unpaired) electrons. The highest BCUT2D eigenvalue weighted by molar-refractivity contribution is 7.36. The molecule has 0 aliphatic rings. The monoisotopic (exact) mass is 324 g/mol. The number of halogens is 3. The highest BCUT2D eigenvalue weighted by Gasteiger charge is 2.38. The summed E-state index contributed by atoms with van der Waals surface area (Å²) >= 11 is 1.04. The van der Waals surface area contributed by atoms with Crippen LogP contribution in [0.4, 0.5) is 24.5 Å². The molecule has 20 heavy (non-hydrogen) atoms. The van der Waals surface area contributed by atoms with Crippen molar-refractivity contribution in [1.82, 2.24) is 0 Å². The van der Waals surface area contributed by atoms with Crippen LogP contribution in [-0.2, 0) is 6.18 Å². The lowest BCUT2D eigenvalue weighted by molar-refractivity contribution is -0.384. The van der Waals surface area contributed by atoms with E-state index in [1.165, 1.54) is 19.0 Å². The third kappa shape index (κ3) is 2.36. The molecule has 1 aromatic heterocycles. The normalized spacial score (nSPS) is 11.8. The van der Waals surface area contributed by atoms with Crippen LogP contribution >= 0.6 is 22.7 Å². The van der Waals surface area contributed by atoms with Crippen molar-refractivity contribution in [1.29, 1.82) is 0 Å². The summed E-state index contributed by atoms with van der Waals surface area (Å²) in [5, 5.41) is 11.0. The lowest BCUT2D eigenvalue weighted by Crippen LogP contribution is -2.13. The molecule has 0 unspecified atom stereocenters. The lowest BCUT2D eigenvalue weighted by Gasteiger charge is -2.16. The molecule has 0 saturated heterocycles. The summed E-state index contributed by atoms with van der Waals surface area (Å²) in [5.41, 5.74) is -1.79. The number of benzene rings is 1. The summed E-state index contributed by atoms with van der Waals surface area (Å²) in [4.78, 5) is 22.9. The molecular formula is C10H7F3N2O3S2. The summed E-state index contributed by atoms with van der Waals surface area (Å²) < 4.78 is 38.1. The number of nitro groups is 1. The van der Waals surface area contributed by atoms with Crippen molar-refractivity contribution in [2.75, 3.05) is 19.0 Å². The highest BCUT2D eigenvalue weighted by Crippen LogP contribution is 2.45. The first kappa shape index (κ1) is 14.7. The minimum Gasteiger partial charge on any atom is -0.371 e. The average Bonchev–Trinajstić information content (AvgIpc) is 2.65. The summed E-state index contributed by atoms with van der Waals surface area (Å²) in [6.07, 6.45) is -4.75. The van der Waals surface area contributed by atoms with Crippen LogP contribution in [0.2, 0.25) is 0 Å². The van der Waals surface area contributed by atoms with Gasteiger partial charge in [0, 0.05) is 20.2 Å². The molecule has 5 nitrogen and oxygen atoms in total. The van der Waals surface area contributed by atoms with E-state index in [1.807, 2.05) is 0 Å². The molecule has 10 heteroatoms. The fourth-order valence-corrected chi connectivity index (χ4v) is 4.09.